The first-order chi connectivity index (χ1) is 29.2. The SMILES string of the molecule is CCCCCCCCCCCCCCCCN(C(=O)CCCCCCCCCCCCCCC)[C@@H]1O[C@H](CO)[C@@H](O)[C@H](O)[C@H]1NC(=O)[C@H](C)NC(=O)OCc1ccccc1. The van der Waals surface area contributed by atoms with Crippen molar-refractivity contribution in [3.8, 4) is 0 Å². The first kappa shape index (κ1) is 53.4. The molecule has 1 heterocycles. The summed E-state index contributed by atoms with van der Waals surface area (Å²) in [6.45, 7) is 5.81. The smallest absolute Gasteiger partial charge is 0.408 e. The van der Waals surface area contributed by atoms with Gasteiger partial charge in [-0.2, -0.15) is 0 Å². The summed E-state index contributed by atoms with van der Waals surface area (Å²) in [5.41, 5.74) is 0.796. The number of aliphatic hydroxyl groups excluding tert-OH is 3. The number of nitrogens with zero attached hydrogens (tertiary/aromatic N) is 1. The summed E-state index contributed by atoms with van der Waals surface area (Å²) in [6.07, 6.45) is 26.7. The molecule has 11 heteroatoms. The number of ether oxygens (including phenoxy) is 2. The van der Waals surface area contributed by atoms with Crippen LogP contribution < -0.4 is 10.6 Å². The van der Waals surface area contributed by atoms with Crippen LogP contribution in [0.4, 0.5) is 4.79 Å². The Hall–Kier alpha value is -2.73. The third-order valence-electron chi connectivity index (χ3n) is 12.0. The molecule has 346 valence electrons. The van der Waals surface area contributed by atoms with Crippen LogP contribution in [0.1, 0.15) is 206 Å². The molecule has 1 aromatic carbocycles. The molecule has 0 bridgehead atoms. The molecule has 60 heavy (non-hydrogen) atoms. The molecule has 1 aromatic rings. The highest BCUT2D eigenvalue weighted by Gasteiger charge is 2.48. The van der Waals surface area contributed by atoms with Gasteiger partial charge in [-0.05, 0) is 25.3 Å². The maximum Gasteiger partial charge on any atom is 0.408 e. The van der Waals surface area contributed by atoms with Crippen LogP contribution in [-0.4, -0.2) is 87.9 Å². The molecule has 0 saturated carbocycles. The van der Waals surface area contributed by atoms with Gasteiger partial charge in [-0.25, -0.2) is 4.79 Å². The van der Waals surface area contributed by atoms with Crippen LogP contribution >= 0.6 is 0 Å². The predicted octanol–water partition coefficient (Wildman–Crippen LogP) is 10.0. The van der Waals surface area contributed by atoms with Gasteiger partial charge in [-0.3, -0.25) is 9.59 Å². The number of hydrogen-bond donors (Lipinski definition) is 5. The minimum absolute atomic E-state index is 0.0303. The number of nitrogens with one attached hydrogen (secondary N) is 2. The van der Waals surface area contributed by atoms with E-state index in [0.717, 1.165) is 56.9 Å². The van der Waals surface area contributed by atoms with Gasteiger partial charge in [0.1, 0.15) is 37.0 Å². The lowest BCUT2D eigenvalue weighted by atomic mass is 9.94. The number of carbonyl (C=O) groups excluding carboxylic acids is 3. The zero-order valence-electron chi connectivity index (χ0n) is 38.1. The Bertz CT molecular complexity index is 1220. The van der Waals surface area contributed by atoms with Gasteiger partial charge in [0.05, 0.1) is 6.61 Å². The molecule has 0 radical (unpaired) electrons. The Balaban J connectivity index is 1.97. The van der Waals surface area contributed by atoms with Gasteiger partial charge in [0.15, 0.2) is 6.23 Å². The summed E-state index contributed by atoms with van der Waals surface area (Å²) in [7, 11) is 0. The van der Waals surface area contributed by atoms with Crippen LogP contribution in [-0.2, 0) is 25.7 Å². The van der Waals surface area contributed by atoms with Gasteiger partial charge in [-0.1, -0.05) is 205 Å². The van der Waals surface area contributed by atoms with Crippen molar-refractivity contribution in [3.05, 3.63) is 35.9 Å². The molecule has 1 aliphatic rings. The van der Waals surface area contributed by atoms with Crippen molar-refractivity contribution in [2.45, 2.75) is 244 Å². The van der Waals surface area contributed by atoms with Crippen LogP contribution in [0.2, 0.25) is 0 Å². The van der Waals surface area contributed by atoms with Crippen molar-refractivity contribution >= 4 is 17.9 Å². The molecule has 5 N–H and O–H groups in total. The lowest BCUT2D eigenvalue weighted by Crippen LogP contribution is -2.69. The molecule has 2 rings (SSSR count). The molecule has 1 aliphatic heterocycles. The van der Waals surface area contributed by atoms with Gasteiger partial charge in [0, 0.05) is 13.0 Å². The molecule has 0 spiro atoms. The number of hydrogen-bond acceptors (Lipinski definition) is 8. The van der Waals surface area contributed by atoms with E-state index in [4.69, 9.17) is 9.47 Å². The third kappa shape index (κ3) is 23.5. The largest absolute Gasteiger partial charge is 0.445 e. The van der Waals surface area contributed by atoms with Crippen molar-refractivity contribution in [3.63, 3.8) is 0 Å². The van der Waals surface area contributed by atoms with Crippen LogP contribution in [0.5, 0.6) is 0 Å². The topological polar surface area (TPSA) is 158 Å². The van der Waals surface area contributed by atoms with E-state index in [1.54, 1.807) is 4.90 Å². The summed E-state index contributed by atoms with van der Waals surface area (Å²) in [4.78, 5) is 41.7. The highest BCUT2D eigenvalue weighted by atomic mass is 16.6. The zero-order chi connectivity index (χ0) is 43.6. The van der Waals surface area contributed by atoms with Crippen molar-refractivity contribution in [2.24, 2.45) is 0 Å². The van der Waals surface area contributed by atoms with Crippen molar-refractivity contribution in [2.75, 3.05) is 13.2 Å². The minimum atomic E-state index is -1.54. The van der Waals surface area contributed by atoms with E-state index >= 15 is 0 Å². The molecule has 11 nitrogen and oxygen atoms in total. The summed E-state index contributed by atoms with van der Waals surface area (Å²) in [5.74, 6) is -0.785. The number of aliphatic hydroxyl groups is 3. The van der Waals surface area contributed by atoms with Gasteiger partial charge in [0.25, 0.3) is 0 Å². The standard InChI is InChI=1S/C49H87N3O8/c1-4-6-8-10-12-14-16-18-20-22-24-26-28-33-37-52(43(54)36-32-27-25-23-21-19-17-15-13-11-9-7-5-2)48-44(46(56)45(55)42(38-53)60-48)51-47(57)40(3)50-49(58)59-39-41-34-30-29-31-35-41/h29-31,34-35,40,42,44-46,48,53,55-56H,4-28,32-33,36-39H2,1-3H3,(H,50,58)(H,51,57)/t40-,42+,44+,45+,46+,48+/m0/s1. The molecule has 0 aromatic heterocycles. The van der Waals surface area contributed by atoms with E-state index in [0.29, 0.717) is 13.0 Å². The number of alkyl carbamates (subject to hydrolysis) is 1. The molecule has 0 unspecified atom stereocenters. The zero-order valence-corrected chi connectivity index (χ0v) is 38.1. The molecule has 3 amide bonds. The average molecular weight is 846 g/mol. The Morgan fingerprint density at radius 2 is 1.12 bits per heavy atom. The highest BCUT2D eigenvalue weighted by Crippen LogP contribution is 2.26. The number of amides is 3. The first-order valence-corrected chi connectivity index (χ1v) is 24.4. The van der Waals surface area contributed by atoms with Crippen LogP contribution in [0.3, 0.4) is 0 Å². The van der Waals surface area contributed by atoms with E-state index < -0.39 is 55.2 Å². The molecular weight excluding hydrogens is 759 g/mol. The quantitative estimate of drug-likeness (QED) is 0.0418. The maximum absolute atomic E-state index is 14.0. The van der Waals surface area contributed by atoms with Gasteiger partial charge in [0.2, 0.25) is 11.8 Å². The van der Waals surface area contributed by atoms with Crippen LogP contribution in [0, 0.1) is 0 Å². The van der Waals surface area contributed by atoms with Crippen LogP contribution in [0.25, 0.3) is 0 Å². The normalized spacial score (nSPS) is 19.5. The Labute approximate surface area is 364 Å². The summed E-state index contributed by atoms with van der Waals surface area (Å²) >= 11 is 0. The van der Waals surface area contributed by atoms with E-state index in [-0.39, 0.29) is 12.5 Å². The molecule has 1 saturated heterocycles. The molecule has 0 aliphatic carbocycles. The average Bonchev–Trinajstić information content (AvgIpc) is 3.25. The lowest BCUT2D eigenvalue weighted by Gasteiger charge is -2.47. The molecule has 1 fully saturated rings. The highest BCUT2D eigenvalue weighted by molar-refractivity contribution is 5.85. The second-order valence-electron chi connectivity index (χ2n) is 17.4. The van der Waals surface area contributed by atoms with Crippen LogP contribution in [0.15, 0.2) is 30.3 Å². The minimum Gasteiger partial charge on any atom is -0.445 e. The molecular formula is C49H87N3O8. The number of rotatable bonds is 36. The monoisotopic (exact) mass is 846 g/mol. The van der Waals surface area contributed by atoms with Gasteiger partial charge >= 0.3 is 6.09 Å². The molecule has 6 atom stereocenters. The van der Waals surface area contributed by atoms with Crippen molar-refractivity contribution in [1.82, 2.24) is 15.5 Å². The fourth-order valence-corrected chi connectivity index (χ4v) is 8.12. The van der Waals surface area contributed by atoms with Crippen molar-refractivity contribution in [1.29, 1.82) is 0 Å². The summed E-state index contributed by atoms with van der Waals surface area (Å²) < 4.78 is 11.5. The lowest BCUT2D eigenvalue weighted by molar-refractivity contribution is -0.231. The van der Waals surface area contributed by atoms with E-state index in [1.165, 1.54) is 129 Å². The first-order valence-electron chi connectivity index (χ1n) is 24.4. The fourth-order valence-electron chi connectivity index (χ4n) is 8.12. The Morgan fingerprint density at radius 1 is 0.667 bits per heavy atom. The Kier molecular flexibility index (Phi) is 31.0. The van der Waals surface area contributed by atoms with Gasteiger partial charge in [-0.15, -0.1) is 0 Å². The van der Waals surface area contributed by atoms with Crippen molar-refractivity contribution < 1.29 is 39.2 Å². The second kappa shape index (κ2) is 34.8. The number of unbranched alkanes of at least 4 members (excludes halogenated alkanes) is 25. The maximum atomic E-state index is 14.0. The fraction of sp³-hybridized carbons (Fsp3) is 0.816. The van der Waals surface area contributed by atoms with E-state index in [2.05, 4.69) is 24.5 Å². The Morgan fingerprint density at radius 3 is 1.58 bits per heavy atom. The summed E-state index contributed by atoms with van der Waals surface area (Å²) in [6, 6.07) is 6.91. The third-order valence-corrected chi connectivity index (χ3v) is 12.0. The summed E-state index contributed by atoms with van der Waals surface area (Å²) in [5, 5.41) is 37.6. The second-order valence-corrected chi connectivity index (χ2v) is 17.4. The predicted molar refractivity (Wildman–Crippen MR) is 241 cm³/mol. The number of carbonyl (C=O) groups is 3. The van der Waals surface area contributed by atoms with E-state index in [1.807, 2.05) is 30.3 Å². The number of benzene rings is 1. The van der Waals surface area contributed by atoms with E-state index in [9.17, 15) is 29.7 Å². The van der Waals surface area contributed by atoms with Gasteiger partial charge < -0.3 is 40.3 Å².